The molecule has 9 nitrogen and oxygen atoms in total. The Morgan fingerprint density at radius 3 is 2.23 bits per heavy atom. The Balaban J connectivity index is 0.000000557. The molecule has 0 spiro atoms. The fourth-order valence-electron chi connectivity index (χ4n) is 4.44. The van der Waals surface area contributed by atoms with Crippen LogP contribution in [-0.4, -0.2) is 47.7 Å². The number of hydrogen-bond acceptors (Lipinski definition) is 6. The van der Waals surface area contributed by atoms with Crippen molar-refractivity contribution in [2.24, 2.45) is 0 Å². The number of aliphatic carboxylic acids is 2. The predicted octanol–water partition coefficient (Wildman–Crippen LogP) is 5.46. The van der Waals surface area contributed by atoms with Gasteiger partial charge in [-0.05, 0) is 67.1 Å². The Bertz CT molecular complexity index is 1390. The summed E-state index contributed by atoms with van der Waals surface area (Å²) >= 11 is 6.35. The molecule has 4 rings (SSSR count). The topological polar surface area (TPSA) is 128 Å². The quantitative estimate of drug-likeness (QED) is 0.115. The number of carboxylic acid groups (broad SMARTS) is 2. The van der Waals surface area contributed by atoms with E-state index >= 15 is 0 Å². The van der Waals surface area contributed by atoms with Crippen molar-refractivity contribution in [3.63, 3.8) is 0 Å². The van der Waals surface area contributed by atoms with Crippen molar-refractivity contribution in [1.82, 2.24) is 10.8 Å². The third kappa shape index (κ3) is 12.1. The molecule has 1 aliphatic heterocycles. The minimum absolute atomic E-state index is 0.264. The first kappa shape index (κ1) is 33.1. The average Bonchev–Trinajstić information content (AvgIpc) is 3.15. The number of amides is 1. The van der Waals surface area contributed by atoms with Gasteiger partial charge in [0.15, 0.2) is 0 Å². The number of halogens is 1. The molecule has 0 radical (unpaired) electrons. The molecular weight excluding hydrogens is 570 g/mol. The van der Waals surface area contributed by atoms with Crippen LogP contribution in [0.5, 0.6) is 0 Å². The number of para-hydroxylation sites is 1. The number of benzene rings is 3. The second kappa shape index (κ2) is 18.2. The number of fused-ring (bicyclic) bond motifs is 2. The molecule has 1 heterocycles. The van der Waals surface area contributed by atoms with Crippen LogP contribution in [0.1, 0.15) is 29.5 Å². The summed E-state index contributed by atoms with van der Waals surface area (Å²) in [6, 6.07) is 24.6. The molecule has 10 heteroatoms. The molecule has 1 aliphatic rings. The fourth-order valence-corrected chi connectivity index (χ4v) is 4.60. The largest absolute Gasteiger partial charge is 0.478 e. The maximum absolute atomic E-state index is 11.8. The van der Waals surface area contributed by atoms with Crippen LogP contribution in [0.25, 0.3) is 0 Å². The molecular formula is C33H36ClN3O6. The molecule has 0 saturated heterocycles. The normalized spacial score (nSPS) is 12.2. The van der Waals surface area contributed by atoms with Gasteiger partial charge in [-0.2, -0.15) is 0 Å². The van der Waals surface area contributed by atoms with E-state index < -0.39 is 11.9 Å². The van der Waals surface area contributed by atoms with Gasteiger partial charge in [0, 0.05) is 47.7 Å². The number of aryl methyl sites for hydroxylation is 2. The highest BCUT2D eigenvalue weighted by Crippen LogP contribution is 2.37. The maximum Gasteiger partial charge on any atom is 0.328 e. The zero-order valence-corrected chi connectivity index (χ0v) is 24.5. The summed E-state index contributed by atoms with van der Waals surface area (Å²) in [4.78, 5) is 38.6. The molecule has 3 aromatic rings. The van der Waals surface area contributed by atoms with Crippen molar-refractivity contribution in [1.29, 1.82) is 0 Å². The lowest BCUT2D eigenvalue weighted by Gasteiger charge is -2.27. The van der Waals surface area contributed by atoms with E-state index in [9.17, 15) is 14.4 Å². The molecule has 0 aromatic heterocycles. The fraction of sp³-hybridized carbons (Fsp3) is 0.242. The van der Waals surface area contributed by atoms with Crippen LogP contribution in [0.4, 0.5) is 11.4 Å². The Hall–Kier alpha value is -4.44. The van der Waals surface area contributed by atoms with E-state index in [0.29, 0.717) is 25.3 Å². The van der Waals surface area contributed by atoms with Crippen molar-refractivity contribution in [3.05, 3.63) is 119 Å². The number of nitrogens with zero attached hydrogens (tertiary/aromatic N) is 1. The molecule has 0 bridgehead atoms. The highest BCUT2D eigenvalue weighted by atomic mass is 35.5. The molecule has 4 N–H and O–H groups in total. The number of rotatable bonds is 13. The predicted molar refractivity (Wildman–Crippen MR) is 167 cm³/mol. The van der Waals surface area contributed by atoms with Gasteiger partial charge in [-0.25, -0.2) is 15.1 Å². The van der Waals surface area contributed by atoms with Crippen molar-refractivity contribution in [3.8, 4) is 0 Å². The van der Waals surface area contributed by atoms with E-state index in [-0.39, 0.29) is 5.91 Å². The number of hydroxylamine groups is 1. The summed E-state index contributed by atoms with van der Waals surface area (Å²) in [7, 11) is 0. The third-order valence-electron chi connectivity index (χ3n) is 6.42. The van der Waals surface area contributed by atoms with E-state index in [1.54, 1.807) is 0 Å². The van der Waals surface area contributed by atoms with Crippen LogP contribution < -0.4 is 15.7 Å². The van der Waals surface area contributed by atoms with Gasteiger partial charge in [0.25, 0.3) is 5.91 Å². The molecule has 0 unspecified atom stereocenters. The summed E-state index contributed by atoms with van der Waals surface area (Å²) in [6.07, 6.45) is 8.57. The van der Waals surface area contributed by atoms with Gasteiger partial charge in [-0.1, -0.05) is 72.3 Å². The summed E-state index contributed by atoms with van der Waals surface area (Å²) < 4.78 is 0. The van der Waals surface area contributed by atoms with E-state index in [4.69, 9.17) is 26.7 Å². The molecule has 43 heavy (non-hydrogen) atoms. The summed E-state index contributed by atoms with van der Waals surface area (Å²) in [5.74, 6) is -2.78. The molecule has 1 amide bonds. The lowest BCUT2D eigenvalue weighted by Crippen LogP contribution is -2.23. The van der Waals surface area contributed by atoms with Gasteiger partial charge in [-0.15, -0.1) is 0 Å². The molecule has 0 saturated carbocycles. The lowest BCUT2D eigenvalue weighted by atomic mass is 10.0. The molecule has 226 valence electrons. The minimum atomic E-state index is -1.26. The summed E-state index contributed by atoms with van der Waals surface area (Å²) in [5.41, 5.74) is 8.68. The summed E-state index contributed by atoms with van der Waals surface area (Å²) in [5, 5.41) is 19.8. The van der Waals surface area contributed by atoms with Crippen molar-refractivity contribution in [2.45, 2.75) is 32.3 Å². The van der Waals surface area contributed by atoms with Crippen LogP contribution >= 0.6 is 11.6 Å². The van der Waals surface area contributed by atoms with Gasteiger partial charge in [0.1, 0.15) is 0 Å². The molecule has 0 fully saturated rings. The van der Waals surface area contributed by atoms with Crippen LogP contribution in [0, 0.1) is 0 Å². The first-order chi connectivity index (χ1) is 20.8. The van der Waals surface area contributed by atoms with E-state index in [2.05, 4.69) is 52.1 Å². The average molecular weight is 606 g/mol. The summed E-state index contributed by atoms with van der Waals surface area (Å²) in [6.45, 7) is 2.80. The zero-order valence-electron chi connectivity index (χ0n) is 23.7. The first-order valence-corrected chi connectivity index (χ1v) is 14.3. The Labute approximate surface area is 256 Å². The van der Waals surface area contributed by atoms with Crippen LogP contribution in [0.2, 0.25) is 5.02 Å². The number of hydrogen-bond donors (Lipinski definition) is 4. The smallest absolute Gasteiger partial charge is 0.328 e. The van der Waals surface area contributed by atoms with Gasteiger partial charge < -0.3 is 20.4 Å². The first-order valence-electron chi connectivity index (χ1n) is 13.9. The number of nitrogens with one attached hydrogen (secondary N) is 2. The number of carbonyl (C=O) groups is 3. The monoisotopic (exact) mass is 605 g/mol. The van der Waals surface area contributed by atoms with E-state index in [1.165, 1.54) is 28.6 Å². The number of anilines is 2. The second-order valence-corrected chi connectivity index (χ2v) is 10.1. The standard InChI is InChI=1S/C29H32ClN3O2.C4H4O4/c30-26-17-16-25-15-14-24-11-4-5-12-27(24)33(28(25)21-26)20-7-6-18-31-19-8-13-29(34)32-35-22-23-9-2-1-3-10-23;5-3(6)1-2-4(7)8/h1-5,8-13,16-17,21,31H,6-7,14-15,18-20,22H2,(H,32,34);1-2H,(H,5,6)(H,7,8)/b13-8+;2-1-. The van der Waals surface area contributed by atoms with Gasteiger partial charge in [0.05, 0.1) is 6.61 Å². The number of carboxylic acids is 2. The molecule has 0 atom stereocenters. The van der Waals surface area contributed by atoms with Gasteiger partial charge in [0.2, 0.25) is 0 Å². The van der Waals surface area contributed by atoms with Crippen molar-refractivity contribution in [2.75, 3.05) is 24.5 Å². The SMILES string of the molecule is O=C(/C=C/CNCCCCN1c2ccccc2CCc2ccc(Cl)cc21)NOCc1ccccc1.O=C(O)/C=C\C(=O)O. The van der Waals surface area contributed by atoms with E-state index in [0.717, 1.165) is 49.4 Å². The lowest BCUT2D eigenvalue weighted by molar-refractivity contribution is -0.134. The van der Waals surface area contributed by atoms with Crippen molar-refractivity contribution >= 4 is 40.8 Å². The Morgan fingerprint density at radius 2 is 1.51 bits per heavy atom. The number of unbranched alkanes of at least 4 members (excludes halogenated alkanes) is 1. The van der Waals surface area contributed by atoms with Crippen molar-refractivity contribution < 1.29 is 29.4 Å². The van der Waals surface area contributed by atoms with E-state index in [1.807, 2.05) is 42.5 Å². The minimum Gasteiger partial charge on any atom is -0.478 e. The molecule has 0 aliphatic carbocycles. The molecule has 3 aromatic carbocycles. The van der Waals surface area contributed by atoms with Gasteiger partial charge in [-0.3, -0.25) is 9.63 Å². The third-order valence-corrected chi connectivity index (χ3v) is 6.66. The highest BCUT2D eigenvalue weighted by Gasteiger charge is 2.20. The Morgan fingerprint density at radius 1 is 0.837 bits per heavy atom. The van der Waals surface area contributed by atoms with Crippen LogP contribution in [0.15, 0.2) is 97.1 Å². The van der Waals surface area contributed by atoms with Gasteiger partial charge >= 0.3 is 11.9 Å². The van der Waals surface area contributed by atoms with Crippen LogP contribution in [0.3, 0.4) is 0 Å². The zero-order chi connectivity index (χ0) is 30.9. The highest BCUT2D eigenvalue weighted by molar-refractivity contribution is 6.30. The second-order valence-electron chi connectivity index (χ2n) is 9.62. The Kier molecular flexibility index (Phi) is 14.0. The maximum atomic E-state index is 11.8. The number of carbonyl (C=O) groups excluding carboxylic acids is 1. The van der Waals surface area contributed by atoms with Crippen LogP contribution in [-0.2, 0) is 38.7 Å².